The highest BCUT2D eigenvalue weighted by molar-refractivity contribution is 6.86. The molecule has 1 radical (unpaired) electrons. The molecule has 0 aliphatic carbocycles. The Morgan fingerprint density at radius 3 is 1.76 bits per heavy atom. The van der Waals surface area contributed by atoms with Gasteiger partial charge >= 0.3 is 0 Å². The predicted octanol–water partition coefficient (Wildman–Crippen LogP) is 3.18. The molecule has 1 nitrogen and oxygen atoms in total. The lowest BCUT2D eigenvalue weighted by atomic mass is 10.2. The van der Waals surface area contributed by atoms with Crippen molar-refractivity contribution >= 4 is 19.2 Å². The second-order valence-electron chi connectivity index (χ2n) is 5.24. The van der Waals surface area contributed by atoms with Crippen LogP contribution in [-0.2, 0) is 6.04 Å². The van der Waals surface area contributed by atoms with Gasteiger partial charge in [-0.15, -0.1) is 0 Å². The molecule has 0 aromatic heterocycles. The van der Waals surface area contributed by atoms with Crippen molar-refractivity contribution in [2.75, 3.05) is 0 Å². The Balaban J connectivity index is 1.82. The lowest BCUT2D eigenvalue weighted by Gasteiger charge is -2.27. The van der Waals surface area contributed by atoms with Crippen molar-refractivity contribution in [2.45, 2.75) is 6.04 Å². The summed E-state index contributed by atoms with van der Waals surface area (Å²) in [5.41, 5.74) is 1.40. The van der Waals surface area contributed by atoms with Crippen LogP contribution in [0.3, 0.4) is 0 Å². The van der Waals surface area contributed by atoms with E-state index in [2.05, 4.69) is 78.9 Å². The summed E-state index contributed by atoms with van der Waals surface area (Å²) in [5.74, 6) is 2.06. The van der Waals surface area contributed by atoms with Crippen LogP contribution in [0.2, 0.25) is 0 Å². The molecule has 101 valence electrons. The van der Waals surface area contributed by atoms with Gasteiger partial charge < -0.3 is 4.74 Å². The number of benzene rings is 3. The minimum absolute atomic E-state index is 0.839. The summed E-state index contributed by atoms with van der Waals surface area (Å²) in [6, 6.07) is 28.8. The predicted molar refractivity (Wildman–Crippen MR) is 88.1 cm³/mol. The van der Waals surface area contributed by atoms with E-state index in [0.717, 1.165) is 17.5 Å². The molecule has 0 spiro atoms. The van der Waals surface area contributed by atoms with Crippen LogP contribution in [0.25, 0.3) is 0 Å². The fourth-order valence-electron chi connectivity index (χ4n) is 2.86. The van der Waals surface area contributed by atoms with Crippen LogP contribution in [-0.4, -0.2) is 8.80 Å². The monoisotopic (exact) mass is 287 g/mol. The first-order chi connectivity index (χ1) is 10.4. The second kappa shape index (κ2) is 5.22. The average molecular weight is 287 g/mol. The van der Waals surface area contributed by atoms with Crippen molar-refractivity contribution in [3.63, 3.8) is 0 Å². The van der Waals surface area contributed by atoms with E-state index in [1.165, 1.54) is 15.9 Å². The number of para-hydroxylation sites is 2. The summed E-state index contributed by atoms with van der Waals surface area (Å²) in [7, 11) is -0.839. The molecule has 0 N–H and O–H groups in total. The quantitative estimate of drug-likeness (QED) is 0.658. The summed E-state index contributed by atoms with van der Waals surface area (Å²) in [6.45, 7) is 0. The summed E-state index contributed by atoms with van der Waals surface area (Å²) in [6.07, 6.45) is 0. The maximum absolute atomic E-state index is 6.07. The summed E-state index contributed by atoms with van der Waals surface area (Å²) < 4.78 is 6.07. The van der Waals surface area contributed by atoms with Gasteiger partial charge in [-0.3, -0.25) is 0 Å². The van der Waals surface area contributed by atoms with Crippen LogP contribution >= 0.6 is 0 Å². The van der Waals surface area contributed by atoms with E-state index in [0.29, 0.717) is 0 Å². The van der Waals surface area contributed by atoms with Crippen molar-refractivity contribution in [2.24, 2.45) is 0 Å². The molecule has 0 amide bonds. The van der Waals surface area contributed by atoms with Crippen LogP contribution in [0.1, 0.15) is 5.56 Å². The molecule has 0 saturated carbocycles. The van der Waals surface area contributed by atoms with Crippen LogP contribution in [0.15, 0.2) is 78.9 Å². The highest BCUT2D eigenvalue weighted by Gasteiger charge is 2.28. The molecule has 1 heterocycles. The van der Waals surface area contributed by atoms with E-state index in [1.807, 2.05) is 0 Å². The van der Waals surface area contributed by atoms with E-state index in [-0.39, 0.29) is 0 Å². The lowest BCUT2D eigenvalue weighted by molar-refractivity contribution is 0.487. The highest BCUT2D eigenvalue weighted by atomic mass is 28.3. The van der Waals surface area contributed by atoms with Gasteiger partial charge in [0.2, 0.25) is 0 Å². The molecule has 1 aliphatic rings. The van der Waals surface area contributed by atoms with E-state index < -0.39 is 8.80 Å². The third kappa shape index (κ3) is 2.28. The van der Waals surface area contributed by atoms with Gasteiger partial charge in [0.15, 0.2) is 0 Å². The number of hydrogen-bond acceptors (Lipinski definition) is 1. The maximum Gasteiger partial charge on any atom is 0.135 e. The topological polar surface area (TPSA) is 9.23 Å². The molecule has 0 unspecified atom stereocenters. The Kier molecular flexibility index (Phi) is 3.09. The zero-order valence-corrected chi connectivity index (χ0v) is 12.6. The number of ether oxygens (including phenoxy) is 1. The Morgan fingerprint density at radius 1 is 0.619 bits per heavy atom. The molecule has 1 aliphatic heterocycles. The Labute approximate surface area is 126 Å². The van der Waals surface area contributed by atoms with Crippen molar-refractivity contribution < 1.29 is 4.74 Å². The third-order valence-corrected chi connectivity index (χ3v) is 6.76. The zero-order chi connectivity index (χ0) is 14.1. The molecule has 4 rings (SSSR count). The summed E-state index contributed by atoms with van der Waals surface area (Å²) >= 11 is 0. The molecule has 0 atom stereocenters. The van der Waals surface area contributed by atoms with Gasteiger partial charge in [0, 0.05) is 0 Å². The number of fused-ring (bicyclic) bond motifs is 2. The van der Waals surface area contributed by atoms with E-state index in [4.69, 9.17) is 4.74 Å². The summed E-state index contributed by atoms with van der Waals surface area (Å²) in [4.78, 5) is 0. The second-order valence-corrected chi connectivity index (χ2v) is 7.62. The van der Waals surface area contributed by atoms with Crippen LogP contribution in [0, 0.1) is 0 Å². The van der Waals surface area contributed by atoms with Gasteiger partial charge in [0.05, 0.1) is 0 Å². The fourth-order valence-corrected chi connectivity index (χ4v) is 5.64. The first-order valence-corrected chi connectivity index (χ1v) is 8.89. The van der Waals surface area contributed by atoms with Crippen molar-refractivity contribution in [3.8, 4) is 11.5 Å². The largest absolute Gasteiger partial charge is 0.458 e. The van der Waals surface area contributed by atoms with Gasteiger partial charge in [-0.25, -0.2) is 0 Å². The lowest BCUT2D eigenvalue weighted by Crippen LogP contribution is -2.48. The van der Waals surface area contributed by atoms with E-state index >= 15 is 0 Å². The molecule has 0 saturated heterocycles. The molecule has 0 fully saturated rings. The Morgan fingerprint density at radius 2 is 1.14 bits per heavy atom. The third-order valence-electron chi connectivity index (χ3n) is 3.87. The molecule has 21 heavy (non-hydrogen) atoms. The van der Waals surface area contributed by atoms with Gasteiger partial charge in [0.25, 0.3) is 0 Å². The van der Waals surface area contributed by atoms with Gasteiger partial charge in [-0.1, -0.05) is 72.3 Å². The smallest absolute Gasteiger partial charge is 0.135 e. The van der Waals surface area contributed by atoms with E-state index in [9.17, 15) is 0 Å². The van der Waals surface area contributed by atoms with Crippen molar-refractivity contribution in [1.29, 1.82) is 0 Å². The van der Waals surface area contributed by atoms with Gasteiger partial charge in [0.1, 0.15) is 20.3 Å². The first-order valence-electron chi connectivity index (χ1n) is 7.18. The summed E-state index contributed by atoms with van der Waals surface area (Å²) in [5, 5.41) is 2.76. The maximum atomic E-state index is 6.07. The molecular weight excluding hydrogens is 272 g/mol. The minimum atomic E-state index is -0.839. The van der Waals surface area contributed by atoms with E-state index in [1.54, 1.807) is 0 Å². The molecule has 3 aromatic carbocycles. The first kappa shape index (κ1) is 12.4. The normalized spacial score (nSPS) is 13.1. The van der Waals surface area contributed by atoms with Crippen molar-refractivity contribution in [3.05, 3.63) is 84.4 Å². The SMILES string of the molecule is c1ccc(C[Si]2c3ccccc3Oc3ccccc32)cc1. The van der Waals surface area contributed by atoms with Crippen LogP contribution < -0.4 is 15.1 Å². The number of rotatable bonds is 2. The molecular formula is C19H15OSi. The number of hydrogen-bond donors (Lipinski definition) is 0. The standard InChI is InChI=1S/C19H15OSi/c1-2-8-15(9-3-1)14-21-18-12-6-4-10-16(18)20-17-11-5-7-13-19(17)21/h1-13H,14H2. The Bertz CT molecular complexity index is 722. The van der Waals surface area contributed by atoms with Gasteiger partial charge in [-0.2, -0.15) is 0 Å². The highest BCUT2D eigenvalue weighted by Crippen LogP contribution is 2.24. The van der Waals surface area contributed by atoms with Crippen molar-refractivity contribution in [1.82, 2.24) is 0 Å². The Hall–Kier alpha value is -2.32. The van der Waals surface area contributed by atoms with Gasteiger partial charge in [-0.05, 0) is 28.6 Å². The zero-order valence-electron chi connectivity index (χ0n) is 11.6. The molecule has 2 heteroatoms. The molecule has 0 bridgehead atoms. The average Bonchev–Trinajstić information content (AvgIpc) is 2.55. The molecule has 3 aromatic rings. The minimum Gasteiger partial charge on any atom is -0.458 e. The van der Waals surface area contributed by atoms with Crippen LogP contribution in [0.5, 0.6) is 11.5 Å². The van der Waals surface area contributed by atoms with Crippen LogP contribution in [0.4, 0.5) is 0 Å². The fraction of sp³-hybridized carbons (Fsp3) is 0.0526.